The van der Waals surface area contributed by atoms with E-state index in [0.717, 1.165) is 11.1 Å². The van der Waals surface area contributed by atoms with Gasteiger partial charge < -0.3 is 14.6 Å². The summed E-state index contributed by atoms with van der Waals surface area (Å²) in [6.07, 6.45) is 3.48. The molecule has 0 bridgehead atoms. The number of esters is 1. The smallest absolute Gasteiger partial charge is 0.302 e. The Morgan fingerprint density at radius 3 is 2.64 bits per heavy atom. The SMILES string of the molecule is CC(=O)OC/C=C/c1ccc(OCc2ccccc2)c(O)c1. The second-order valence-electron chi connectivity index (χ2n) is 4.71. The zero-order valence-corrected chi connectivity index (χ0v) is 12.4. The van der Waals surface area contributed by atoms with Crippen molar-refractivity contribution in [3.05, 3.63) is 65.7 Å². The standard InChI is InChI=1S/C18H18O4/c1-14(19)21-11-5-8-15-9-10-18(17(20)12-15)22-13-16-6-3-2-4-7-16/h2-10,12,20H,11,13H2,1H3/b8-5+. The lowest BCUT2D eigenvalue weighted by molar-refractivity contribution is -0.139. The van der Waals surface area contributed by atoms with Crippen LogP contribution in [0.2, 0.25) is 0 Å². The summed E-state index contributed by atoms with van der Waals surface area (Å²) in [5, 5.41) is 9.97. The van der Waals surface area contributed by atoms with Gasteiger partial charge in [-0.25, -0.2) is 0 Å². The van der Waals surface area contributed by atoms with E-state index in [1.54, 1.807) is 24.3 Å². The molecule has 0 atom stereocenters. The summed E-state index contributed by atoms with van der Waals surface area (Å²) in [5.74, 6) is 0.184. The van der Waals surface area contributed by atoms with E-state index in [0.29, 0.717) is 12.4 Å². The van der Waals surface area contributed by atoms with E-state index in [1.165, 1.54) is 6.92 Å². The van der Waals surface area contributed by atoms with E-state index in [2.05, 4.69) is 0 Å². The van der Waals surface area contributed by atoms with Crippen molar-refractivity contribution in [2.75, 3.05) is 6.61 Å². The van der Waals surface area contributed by atoms with Crippen LogP contribution >= 0.6 is 0 Å². The number of rotatable bonds is 6. The molecule has 4 heteroatoms. The van der Waals surface area contributed by atoms with Crippen molar-refractivity contribution < 1.29 is 19.4 Å². The maximum absolute atomic E-state index is 10.6. The zero-order valence-electron chi connectivity index (χ0n) is 12.4. The van der Waals surface area contributed by atoms with Crippen LogP contribution in [0.4, 0.5) is 0 Å². The van der Waals surface area contributed by atoms with Gasteiger partial charge >= 0.3 is 5.97 Å². The summed E-state index contributed by atoms with van der Waals surface area (Å²) in [6, 6.07) is 14.9. The van der Waals surface area contributed by atoms with Gasteiger partial charge in [0.1, 0.15) is 13.2 Å². The van der Waals surface area contributed by atoms with Crippen LogP contribution in [0.5, 0.6) is 11.5 Å². The molecule has 0 heterocycles. The number of carbonyl (C=O) groups excluding carboxylic acids is 1. The minimum Gasteiger partial charge on any atom is -0.504 e. The van der Waals surface area contributed by atoms with Crippen LogP contribution in [-0.2, 0) is 16.1 Å². The van der Waals surface area contributed by atoms with E-state index in [1.807, 2.05) is 36.4 Å². The molecule has 2 aromatic carbocycles. The molecule has 0 spiro atoms. The van der Waals surface area contributed by atoms with Crippen LogP contribution in [0.3, 0.4) is 0 Å². The van der Waals surface area contributed by atoms with Gasteiger partial charge in [0.2, 0.25) is 0 Å². The number of carbonyl (C=O) groups is 1. The van der Waals surface area contributed by atoms with Gasteiger partial charge in [-0.2, -0.15) is 0 Å². The molecule has 0 amide bonds. The number of benzene rings is 2. The molecule has 0 unspecified atom stereocenters. The van der Waals surface area contributed by atoms with E-state index >= 15 is 0 Å². The molecule has 0 saturated carbocycles. The fraction of sp³-hybridized carbons (Fsp3) is 0.167. The number of hydrogen-bond acceptors (Lipinski definition) is 4. The Morgan fingerprint density at radius 2 is 1.95 bits per heavy atom. The molecule has 0 aliphatic heterocycles. The van der Waals surface area contributed by atoms with Crippen molar-refractivity contribution in [2.45, 2.75) is 13.5 Å². The van der Waals surface area contributed by atoms with Crippen molar-refractivity contribution in [2.24, 2.45) is 0 Å². The van der Waals surface area contributed by atoms with Gasteiger partial charge in [0.25, 0.3) is 0 Å². The molecule has 2 rings (SSSR count). The summed E-state index contributed by atoms with van der Waals surface area (Å²) in [6.45, 7) is 1.97. The molecule has 1 N–H and O–H groups in total. The van der Waals surface area contributed by atoms with Gasteiger partial charge in [-0.3, -0.25) is 4.79 Å². The van der Waals surface area contributed by atoms with Crippen LogP contribution in [0.1, 0.15) is 18.1 Å². The average Bonchev–Trinajstić information content (AvgIpc) is 2.51. The van der Waals surface area contributed by atoms with E-state index in [9.17, 15) is 9.90 Å². The number of aromatic hydroxyl groups is 1. The molecular formula is C18H18O4. The predicted molar refractivity (Wildman–Crippen MR) is 84.5 cm³/mol. The lowest BCUT2D eigenvalue weighted by atomic mass is 10.2. The third-order valence-corrected chi connectivity index (χ3v) is 2.91. The zero-order chi connectivity index (χ0) is 15.8. The molecule has 2 aromatic rings. The van der Waals surface area contributed by atoms with E-state index < -0.39 is 0 Å². The summed E-state index contributed by atoms with van der Waals surface area (Å²) >= 11 is 0. The first-order valence-corrected chi connectivity index (χ1v) is 6.95. The number of hydrogen-bond donors (Lipinski definition) is 1. The van der Waals surface area contributed by atoms with Crippen LogP contribution < -0.4 is 4.74 Å². The van der Waals surface area contributed by atoms with Crippen molar-refractivity contribution in [1.29, 1.82) is 0 Å². The fourth-order valence-electron chi connectivity index (χ4n) is 1.85. The van der Waals surface area contributed by atoms with Gasteiger partial charge in [0.05, 0.1) is 0 Å². The Hall–Kier alpha value is -2.75. The van der Waals surface area contributed by atoms with Gasteiger partial charge in [-0.05, 0) is 29.3 Å². The van der Waals surface area contributed by atoms with Crippen LogP contribution in [-0.4, -0.2) is 17.7 Å². The quantitative estimate of drug-likeness (QED) is 0.829. The van der Waals surface area contributed by atoms with Crippen LogP contribution in [0.15, 0.2) is 54.6 Å². The van der Waals surface area contributed by atoms with Gasteiger partial charge in [-0.1, -0.05) is 42.5 Å². The average molecular weight is 298 g/mol. The maximum atomic E-state index is 10.6. The Labute approximate surface area is 129 Å². The minimum atomic E-state index is -0.322. The molecule has 0 radical (unpaired) electrons. The molecule has 0 fully saturated rings. The fourth-order valence-corrected chi connectivity index (χ4v) is 1.85. The number of phenols is 1. The Morgan fingerprint density at radius 1 is 1.18 bits per heavy atom. The lowest BCUT2D eigenvalue weighted by Crippen LogP contribution is -1.97. The molecule has 0 aromatic heterocycles. The molecule has 0 aliphatic carbocycles. The van der Waals surface area contributed by atoms with Crippen molar-refractivity contribution in [3.8, 4) is 11.5 Å². The summed E-state index contributed by atoms with van der Waals surface area (Å²) in [5.41, 5.74) is 1.84. The van der Waals surface area contributed by atoms with Gasteiger partial charge in [0.15, 0.2) is 11.5 Å². The topological polar surface area (TPSA) is 55.8 Å². The number of phenolic OH excluding ortho intramolecular Hbond substituents is 1. The third-order valence-electron chi connectivity index (χ3n) is 2.91. The Kier molecular flexibility index (Phi) is 5.60. The highest BCUT2D eigenvalue weighted by Crippen LogP contribution is 2.28. The molecule has 4 nitrogen and oxygen atoms in total. The van der Waals surface area contributed by atoms with E-state index in [-0.39, 0.29) is 18.3 Å². The second kappa shape index (κ2) is 7.88. The lowest BCUT2D eigenvalue weighted by Gasteiger charge is -2.08. The van der Waals surface area contributed by atoms with Crippen LogP contribution in [0.25, 0.3) is 6.08 Å². The molecule has 22 heavy (non-hydrogen) atoms. The molecule has 0 aliphatic rings. The Bertz CT molecular complexity index is 647. The minimum absolute atomic E-state index is 0.0746. The first kappa shape index (κ1) is 15.6. The monoisotopic (exact) mass is 298 g/mol. The highest BCUT2D eigenvalue weighted by atomic mass is 16.5. The molecule has 114 valence electrons. The van der Waals surface area contributed by atoms with Crippen molar-refractivity contribution >= 4 is 12.0 Å². The molecular weight excluding hydrogens is 280 g/mol. The third kappa shape index (κ3) is 4.98. The summed E-state index contributed by atoms with van der Waals surface area (Å²) in [4.78, 5) is 10.6. The maximum Gasteiger partial charge on any atom is 0.302 e. The Balaban J connectivity index is 1.93. The number of ether oxygens (including phenoxy) is 2. The van der Waals surface area contributed by atoms with Crippen molar-refractivity contribution in [3.63, 3.8) is 0 Å². The second-order valence-corrected chi connectivity index (χ2v) is 4.71. The van der Waals surface area contributed by atoms with Crippen molar-refractivity contribution in [1.82, 2.24) is 0 Å². The highest BCUT2D eigenvalue weighted by Gasteiger charge is 2.03. The van der Waals surface area contributed by atoms with E-state index in [4.69, 9.17) is 9.47 Å². The summed E-state index contributed by atoms with van der Waals surface area (Å²) < 4.78 is 10.4. The van der Waals surface area contributed by atoms with Gasteiger partial charge in [0, 0.05) is 6.92 Å². The largest absolute Gasteiger partial charge is 0.504 e. The normalized spacial score (nSPS) is 10.6. The van der Waals surface area contributed by atoms with Gasteiger partial charge in [-0.15, -0.1) is 0 Å². The predicted octanol–water partition coefficient (Wildman–Crippen LogP) is 3.55. The van der Waals surface area contributed by atoms with Crippen LogP contribution in [0, 0.1) is 0 Å². The highest BCUT2D eigenvalue weighted by molar-refractivity contribution is 5.66. The summed E-state index contributed by atoms with van der Waals surface area (Å²) in [7, 11) is 0. The molecule has 0 saturated heterocycles. The first-order valence-electron chi connectivity index (χ1n) is 6.95. The first-order chi connectivity index (χ1) is 10.6.